The van der Waals surface area contributed by atoms with Crippen molar-refractivity contribution in [1.82, 2.24) is 0 Å². The number of ether oxygens (including phenoxy) is 5. The molecule has 2 heterocycles. The summed E-state index contributed by atoms with van der Waals surface area (Å²) < 4.78 is 28.3. The van der Waals surface area contributed by atoms with Gasteiger partial charge in [0.2, 0.25) is 0 Å². The van der Waals surface area contributed by atoms with E-state index < -0.39 is 29.7 Å². The fourth-order valence-electron chi connectivity index (χ4n) is 5.70. The number of hydrogen-bond donors (Lipinski definition) is 1. The number of cyclic esters (lactones) is 1. The molecule has 0 radical (unpaired) electrons. The minimum absolute atomic E-state index is 0.0342. The zero-order valence-electron chi connectivity index (χ0n) is 28.2. The van der Waals surface area contributed by atoms with Gasteiger partial charge in [0.15, 0.2) is 0 Å². The van der Waals surface area contributed by atoms with Crippen LogP contribution in [-0.4, -0.2) is 72.9 Å². The van der Waals surface area contributed by atoms with Crippen LogP contribution in [-0.2, 0) is 38.1 Å². The van der Waals surface area contributed by atoms with Crippen molar-refractivity contribution in [2.24, 2.45) is 23.2 Å². The van der Waals surface area contributed by atoms with Crippen LogP contribution in [0.25, 0.3) is 0 Å². The van der Waals surface area contributed by atoms with Crippen LogP contribution in [0.2, 0.25) is 0 Å². The molecular formula is C35H56O9. The van der Waals surface area contributed by atoms with E-state index in [4.69, 9.17) is 23.7 Å². The highest BCUT2D eigenvalue weighted by molar-refractivity contribution is 5.71. The van der Waals surface area contributed by atoms with Gasteiger partial charge in [-0.2, -0.15) is 0 Å². The number of epoxide rings is 1. The third-order valence-electron chi connectivity index (χ3n) is 8.60. The average molecular weight is 621 g/mol. The lowest BCUT2D eigenvalue weighted by Gasteiger charge is -2.33. The third-order valence-corrected chi connectivity index (χ3v) is 8.60. The van der Waals surface area contributed by atoms with Gasteiger partial charge in [-0.1, -0.05) is 65.8 Å². The summed E-state index contributed by atoms with van der Waals surface area (Å²) in [6.07, 6.45) is 10.4. The van der Waals surface area contributed by atoms with Gasteiger partial charge in [-0.3, -0.25) is 9.59 Å². The minimum Gasteiger partial charge on any atom is -0.460 e. The molecule has 0 aliphatic carbocycles. The molecule has 0 bridgehead atoms. The molecule has 44 heavy (non-hydrogen) atoms. The number of hydrogen-bond acceptors (Lipinski definition) is 9. The van der Waals surface area contributed by atoms with Crippen LogP contribution in [0.1, 0.15) is 94.4 Å². The molecule has 0 spiro atoms. The molecule has 0 saturated carbocycles. The summed E-state index contributed by atoms with van der Waals surface area (Å²) >= 11 is 0. The highest BCUT2D eigenvalue weighted by atomic mass is 16.6. The van der Waals surface area contributed by atoms with Crippen molar-refractivity contribution in [3.8, 4) is 0 Å². The maximum absolute atomic E-state index is 12.7. The quantitative estimate of drug-likeness (QED) is 0.0884. The van der Waals surface area contributed by atoms with Crippen LogP contribution in [0, 0.1) is 23.2 Å². The number of aliphatic hydroxyl groups excluding tert-OH is 1. The van der Waals surface area contributed by atoms with Gasteiger partial charge in [0.05, 0.1) is 24.7 Å². The Bertz CT molecular complexity index is 1030. The summed E-state index contributed by atoms with van der Waals surface area (Å²) in [4.78, 5) is 36.6. The second-order valence-electron chi connectivity index (χ2n) is 13.2. The van der Waals surface area contributed by atoms with E-state index in [0.717, 1.165) is 12.0 Å². The molecule has 1 N–H and O–H groups in total. The van der Waals surface area contributed by atoms with Gasteiger partial charge in [0.25, 0.3) is 0 Å². The molecule has 0 aromatic carbocycles. The summed E-state index contributed by atoms with van der Waals surface area (Å²) in [5, 5.41) is 10.5. The van der Waals surface area contributed by atoms with Crippen molar-refractivity contribution >= 4 is 17.9 Å². The van der Waals surface area contributed by atoms with Gasteiger partial charge in [-0.05, 0) is 57.1 Å². The second kappa shape index (κ2) is 17.9. The molecule has 0 aromatic heterocycles. The highest BCUT2D eigenvalue weighted by Gasteiger charge is 2.46. The van der Waals surface area contributed by atoms with Crippen molar-refractivity contribution in [2.45, 2.75) is 131 Å². The summed E-state index contributed by atoms with van der Waals surface area (Å²) in [5.74, 6) is -1.02. The highest BCUT2D eigenvalue weighted by Crippen LogP contribution is 2.37. The smallest absolute Gasteiger partial charge is 0.332 e. The molecule has 1 fully saturated rings. The summed E-state index contributed by atoms with van der Waals surface area (Å²) in [6.45, 7) is 17.7. The molecule has 250 valence electrons. The molecule has 2 rings (SSSR count). The van der Waals surface area contributed by atoms with Crippen molar-refractivity contribution in [2.75, 3.05) is 13.2 Å². The van der Waals surface area contributed by atoms with Crippen molar-refractivity contribution < 1.29 is 43.2 Å². The Kier molecular flexibility index (Phi) is 15.3. The Balaban J connectivity index is 2.05. The van der Waals surface area contributed by atoms with E-state index in [1.165, 1.54) is 6.92 Å². The molecule has 9 nitrogen and oxygen atoms in total. The van der Waals surface area contributed by atoms with E-state index >= 15 is 0 Å². The zero-order valence-corrected chi connectivity index (χ0v) is 28.2. The first-order chi connectivity index (χ1) is 20.7. The number of carbonyl (C=O) groups is 3. The Morgan fingerprint density at radius 1 is 1.18 bits per heavy atom. The first-order valence-electron chi connectivity index (χ1n) is 16.2. The van der Waals surface area contributed by atoms with E-state index in [9.17, 15) is 19.5 Å². The van der Waals surface area contributed by atoms with Gasteiger partial charge < -0.3 is 28.8 Å². The Morgan fingerprint density at radius 2 is 1.89 bits per heavy atom. The Labute approximate surface area is 264 Å². The summed E-state index contributed by atoms with van der Waals surface area (Å²) in [7, 11) is 0. The summed E-state index contributed by atoms with van der Waals surface area (Å²) in [5.41, 5.74) is 0.446. The Hall–Kier alpha value is -2.49. The van der Waals surface area contributed by atoms with E-state index in [0.29, 0.717) is 25.9 Å². The fraction of sp³-hybridized carbons (Fsp3) is 0.743. The lowest BCUT2D eigenvalue weighted by molar-refractivity contribution is -0.157. The maximum Gasteiger partial charge on any atom is 0.332 e. The van der Waals surface area contributed by atoms with Crippen molar-refractivity contribution in [3.05, 3.63) is 36.0 Å². The van der Waals surface area contributed by atoms with Gasteiger partial charge in [0.1, 0.15) is 24.9 Å². The number of esters is 3. The average Bonchev–Trinajstić information content (AvgIpc) is 3.72. The fourth-order valence-corrected chi connectivity index (χ4v) is 5.70. The Morgan fingerprint density at radius 3 is 2.52 bits per heavy atom. The molecule has 9 heteroatoms. The molecule has 2 aliphatic heterocycles. The van der Waals surface area contributed by atoms with E-state index in [2.05, 4.69) is 19.9 Å². The van der Waals surface area contributed by atoms with Gasteiger partial charge in [-0.25, -0.2) is 4.79 Å². The van der Waals surface area contributed by atoms with Gasteiger partial charge in [-0.15, -0.1) is 0 Å². The second-order valence-corrected chi connectivity index (χ2v) is 13.2. The predicted molar refractivity (Wildman–Crippen MR) is 169 cm³/mol. The van der Waals surface area contributed by atoms with Gasteiger partial charge in [0, 0.05) is 30.8 Å². The zero-order chi connectivity index (χ0) is 33.0. The van der Waals surface area contributed by atoms with E-state index in [1.54, 1.807) is 0 Å². The van der Waals surface area contributed by atoms with Crippen LogP contribution in [0.4, 0.5) is 0 Å². The molecule has 1 saturated heterocycles. The number of aliphatic hydroxyl groups is 1. The number of rotatable bonds is 13. The standard InChI is InChI=1S/C35H56O9/c1-10-28(42-32(39)21-40-11-2)25(6)34-29(43-34)19-22(3)13-12-14-23(4)33-24(5)15-16-30(41-26(7)36)35(8,9)18-17-27(37)20-31(38)44-33/h12-16,22,24-25,27-30,33-34,37H,10-11,17-21H2,1-9H3/b13-12+,16-15+,23-14+. The van der Waals surface area contributed by atoms with Crippen LogP contribution in [0.15, 0.2) is 36.0 Å². The first kappa shape index (κ1) is 37.7. The maximum atomic E-state index is 12.7. The van der Waals surface area contributed by atoms with Crippen molar-refractivity contribution in [1.29, 1.82) is 0 Å². The first-order valence-corrected chi connectivity index (χ1v) is 16.2. The van der Waals surface area contributed by atoms with E-state index in [-0.39, 0.29) is 61.0 Å². The minimum atomic E-state index is -0.838. The van der Waals surface area contributed by atoms with E-state index in [1.807, 2.05) is 65.8 Å². The largest absolute Gasteiger partial charge is 0.460 e. The monoisotopic (exact) mass is 620 g/mol. The van der Waals surface area contributed by atoms with Crippen LogP contribution >= 0.6 is 0 Å². The van der Waals surface area contributed by atoms with Gasteiger partial charge >= 0.3 is 17.9 Å². The molecule has 2 aliphatic rings. The van der Waals surface area contributed by atoms with Crippen LogP contribution in [0.5, 0.6) is 0 Å². The molecule has 0 amide bonds. The summed E-state index contributed by atoms with van der Waals surface area (Å²) in [6, 6.07) is 0. The predicted octanol–water partition coefficient (Wildman–Crippen LogP) is 5.88. The number of allylic oxidation sites excluding steroid dienone is 3. The number of carbonyl (C=O) groups excluding carboxylic acids is 3. The molecule has 9 unspecified atom stereocenters. The SMILES string of the molecule is CCOCC(=O)OC(CC)C(C)C1OC1CC(C)/C=C/C=C(\C)C1OC(=O)CC(O)CCC(C)(C)C(OC(C)=O)/C=C/C1C. The lowest BCUT2D eigenvalue weighted by Crippen LogP contribution is -2.35. The molecule has 9 atom stereocenters. The molecule has 0 aromatic rings. The third kappa shape index (κ3) is 12.5. The molecular weight excluding hydrogens is 564 g/mol. The van der Waals surface area contributed by atoms with Crippen LogP contribution < -0.4 is 0 Å². The normalized spacial score (nSPS) is 30.7. The topological polar surface area (TPSA) is 121 Å². The van der Waals surface area contributed by atoms with Crippen LogP contribution in [0.3, 0.4) is 0 Å². The lowest BCUT2D eigenvalue weighted by atomic mass is 9.80. The van der Waals surface area contributed by atoms with Crippen molar-refractivity contribution in [3.63, 3.8) is 0 Å².